The first-order chi connectivity index (χ1) is 15.0. The average Bonchev–Trinajstić information content (AvgIpc) is 3.28. The number of halogens is 4. The number of aromatic nitrogens is 2. The lowest BCUT2D eigenvalue weighted by molar-refractivity contribution is 0.102. The quantitative estimate of drug-likeness (QED) is 0.571. The van der Waals surface area contributed by atoms with E-state index in [1.54, 1.807) is 6.07 Å². The van der Waals surface area contributed by atoms with Crippen LogP contribution >= 0.6 is 12.4 Å². The van der Waals surface area contributed by atoms with E-state index in [2.05, 4.69) is 20.6 Å². The van der Waals surface area contributed by atoms with E-state index < -0.39 is 34.6 Å². The largest absolute Gasteiger partial charge is 0.491 e. The zero-order chi connectivity index (χ0) is 21.8. The molecule has 3 heterocycles. The number of nitrogens with zero attached hydrogens (tertiary/aromatic N) is 2. The number of ether oxygens (including phenoxy) is 1. The molecular formula is C22H20ClF3N4O2. The van der Waals surface area contributed by atoms with Crippen LogP contribution in [0.3, 0.4) is 0 Å². The Balaban J connectivity index is 0.00000289. The summed E-state index contributed by atoms with van der Waals surface area (Å²) in [5.74, 6) is -2.80. The molecule has 2 N–H and O–H groups in total. The van der Waals surface area contributed by atoms with Crippen molar-refractivity contribution in [1.82, 2.24) is 15.3 Å². The molecule has 1 unspecified atom stereocenters. The minimum Gasteiger partial charge on any atom is -0.491 e. The van der Waals surface area contributed by atoms with Crippen molar-refractivity contribution in [3.05, 3.63) is 71.9 Å². The Morgan fingerprint density at radius 2 is 1.91 bits per heavy atom. The molecule has 1 fully saturated rings. The van der Waals surface area contributed by atoms with Crippen molar-refractivity contribution in [2.45, 2.75) is 6.42 Å². The van der Waals surface area contributed by atoms with Crippen LogP contribution < -0.4 is 15.4 Å². The third-order valence-electron chi connectivity index (χ3n) is 4.94. The molecule has 1 aliphatic heterocycles. The number of nitrogens with one attached hydrogen (secondary N) is 2. The minimum atomic E-state index is -0.978. The van der Waals surface area contributed by atoms with E-state index in [4.69, 9.17) is 4.74 Å². The lowest BCUT2D eigenvalue weighted by atomic mass is 10.1. The van der Waals surface area contributed by atoms with Crippen molar-refractivity contribution in [3.8, 4) is 17.0 Å². The van der Waals surface area contributed by atoms with Crippen LogP contribution in [-0.4, -0.2) is 35.6 Å². The second-order valence-electron chi connectivity index (χ2n) is 7.12. The second-order valence-corrected chi connectivity index (χ2v) is 7.12. The summed E-state index contributed by atoms with van der Waals surface area (Å²) >= 11 is 0. The number of carbonyl (C=O) groups excluding carboxylic acids is 1. The van der Waals surface area contributed by atoms with Gasteiger partial charge in [-0.05, 0) is 37.2 Å². The predicted octanol–water partition coefficient (Wildman–Crippen LogP) is 4.22. The first-order valence-corrected chi connectivity index (χ1v) is 9.72. The molecule has 0 spiro atoms. The summed E-state index contributed by atoms with van der Waals surface area (Å²) in [4.78, 5) is 20.6. The molecule has 0 bridgehead atoms. The van der Waals surface area contributed by atoms with Crippen molar-refractivity contribution in [2.75, 3.05) is 25.0 Å². The standard InChI is InChI=1S/C22H19F3N4O2.ClH/c23-14-2-1-3-15(24)20(14)21-16(25)4-5-17(28-21)22(30)29-18-11-27-9-7-19(18)31-12-13-6-8-26-10-13;/h1-5,7,9,11,13,26H,6,8,10,12H2,(H,29,30);1H. The Labute approximate surface area is 188 Å². The van der Waals surface area contributed by atoms with E-state index in [1.165, 1.54) is 12.4 Å². The lowest BCUT2D eigenvalue weighted by Gasteiger charge is -2.14. The van der Waals surface area contributed by atoms with Crippen LogP contribution in [0.1, 0.15) is 16.9 Å². The van der Waals surface area contributed by atoms with Gasteiger partial charge in [-0.2, -0.15) is 0 Å². The third kappa shape index (κ3) is 5.17. The summed E-state index contributed by atoms with van der Waals surface area (Å²) in [6.07, 6.45) is 3.95. The average molecular weight is 465 g/mol. The molecular weight excluding hydrogens is 445 g/mol. The zero-order valence-corrected chi connectivity index (χ0v) is 17.6. The van der Waals surface area contributed by atoms with Gasteiger partial charge in [-0.3, -0.25) is 9.78 Å². The van der Waals surface area contributed by atoms with Gasteiger partial charge in [-0.25, -0.2) is 18.2 Å². The van der Waals surface area contributed by atoms with Crippen molar-refractivity contribution in [2.24, 2.45) is 5.92 Å². The first-order valence-electron chi connectivity index (χ1n) is 9.72. The topological polar surface area (TPSA) is 76.1 Å². The highest BCUT2D eigenvalue weighted by atomic mass is 35.5. The van der Waals surface area contributed by atoms with Gasteiger partial charge in [-0.15, -0.1) is 12.4 Å². The van der Waals surface area contributed by atoms with Gasteiger partial charge in [0.2, 0.25) is 0 Å². The number of pyridine rings is 2. The highest BCUT2D eigenvalue weighted by Crippen LogP contribution is 2.28. The van der Waals surface area contributed by atoms with Gasteiger partial charge in [0.25, 0.3) is 5.91 Å². The van der Waals surface area contributed by atoms with Crippen LogP contribution in [0.5, 0.6) is 5.75 Å². The maximum absolute atomic E-state index is 14.3. The Kier molecular flexibility index (Phi) is 7.66. The number of carbonyl (C=O) groups is 1. The molecule has 0 radical (unpaired) electrons. The van der Waals surface area contributed by atoms with E-state index in [-0.39, 0.29) is 18.1 Å². The van der Waals surface area contributed by atoms with Gasteiger partial charge in [0.05, 0.1) is 18.4 Å². The van der Waals surface area contributed by atoms with Gasteiger partial charge in [0.15, 0.2) is 0 Å². The Bertz CT molecular complexity index is 1090. The van der Waals surface area contributed by atoms with Gasteiger partial charge < -0.3 is 15.4 Å². The van der Waals surface area contributed by atoms with Crippen LogP contribution in [0, 0.1) is 23.4 Å². The maximum Gasteiger partial charge on any atom is 0.274 e. The van der Waals surface area contributed by atoms with E-state index in [0.29, 0.717) is 24.0 Å². The minimum absolute atomic E-state index is 0. The first kappa shape index (κ1) is 23.5. The number of anilines is 1. The van der Waals surface area contributed by atoms with Gasteiger partial charge in [0, 0.05) is 24.7 Å². The molecule has 2 aromatic heterocycles. The van der Waals surface area contributed by atoms with Crippen molar-refractivity contribution < 1.29 is 22.7 Å². The number of hydrogen-bond acceptors (Lipinski definition) is 5. The number of hydrogen-bond donors (Lipinski definition) is 2. The molecule has 1 atom stereocenters. The van der Waals surface area contributed by atoms with Crippen molar-refractivity contribution in [3.63, 3.8) is 0 Å². The zero-order valence-electron chi connectivity index (χ0n) is 16.8. The number of benzene rings is 1. The summed E-state index contributed by atoms with van der Waals surface area (Å²) in [5, 5.41) is 5.87. The van der Waals surface area contributed by atoms with Crippen LogP contribution in [0.2, 0.25) is 0 Å². The highest BCUT2D eigenvalue weighted by molar-refractivity contribution is 6.03. The molecule has 1 saturated heterocycles. The lowest BCUT2D eigenvalue weighted by Crippen LogP contribution is -2.18. The molecule has 10 heteroatoms. The summed E-state index contributed by atoms with van der Waals surface area (Å²) in [6.45, 7) is 2.28. The van der Waals surface area contributed by atoms with Crippen LogP contribution in [0.25, 0.3) is 11.3 Å². The molecule has 1 aliphatic rings. The summed E-state index contributed by atoms with van der Waals surface area (Å²) in [7, 11) is 0. The van der Waals surface area contributed by atoms with E-state index in [9.17, 15) is 18.0 Å². The smallest absolute Gasteiger partial charge is 0.274 e. The normalized spacial score (nSPS) is 15.2. The fourth-order valence-electron chi connectivity index (χ4n) is 3.32. The molecule has 1 amide bonds. The van der Waals surface area contributed by atoms with Gasteiger partial charge in [-0.1, -0.05) is 6.07 Å². The Morgan fingerprint density at radius 3 is 2.62 bits per heavy atom. The molecule has 0 saturated carbocycles. The Morgan fingerprint density at radius 1 is 1.12 bits per heavy atom. The fourth-order valence-corrected chi connectivity index (χ4v) is 3.32. The molecule has 1 aromatic carbocycles. The predicted molar refractivity (Wildman–Crippen MR) is 115 cm³/mol. The van der Waals surface area contributed by atoms with Crippen LogP contribution in [0.15, 0.2) is 48.8 Å². The Hall–Kier alpha value is -3.17. The summed E-state index contributed by atoms with van der Waals surface area (Å²) < 4.78 is 48.3. The molecule has 4 rings (SSSR count). The van der Waals surface area contributed by atoms with E-state index in [0.717, 1.165) is 49.8 Å². The van der Waals surface area contributed by atoms with Gasteiger partial charge in [0.1, 0.15) is 40.3 Å². The SMILES string of the molecule is Cl.O=C(Nc1cnccc1OCC1CCNC1)c1ccc(F)c(-c2c(F)cccc2F)n1. The molecule has 3 aromatic rings. The van der Waals surface area contributed by atoms with Gasteiger partial charge >= 0.3 is 0 Å². The fraction of sp³-hybridized carbons (Fsp3) is 0.227. The monoisotopic (exact) mass is 464 g/mol. The van der Waals surface area contributed by atoms with Crippen molar-refractivity contribution in [1.29, 1.82) is 0 Å². The number of amides is 1. The molecule has 168 valence electrons. The third-order valence-corrected chi connectivity index (χ3v) is 4.94. The second kappa shape index (κ2) is 10.4. The highest BCUT2D eigenvalue weighted by Gasteiger charge is 2.20. The van der Waals surface area contributed by atoms with E-state index in [1.807, 2.05) is 0 Å². The van der Waals surface area contributed by atoms with Crippen molar-refractivity contribution >= 4 is 24.0 Å². The summed E-state index contributed by atoms with van der Waals surface area (Å²) in [6, 6.07) is 6.84. The maximum atomic E-state index is 14.3. The summed E-state index contributed by atoms with van der Waals surface area (Å²) in [5.41, 5.74) is -1.12. The van der Waals surface area contributed by atoms with Crippen LogP contribution in [-0.2, 0) is 0 Å². The molecule has 6 nitrogen and oxygen atoms in total. The molecule has 0 aliphatic carbocycles. The van der Waals surface area contributed by atoms with E-state index >= 15 is 0 Å². The van der Waals surface area contributed by atoms with Crippen LogP contribution in [0.4, 0.5) is 18.9 Å². The number of rotatable bonds is 6. The molecule has 32 heavy (non-hydrogen) atoms.